The topological polar surface area (TPSA) is 126 Å². The summed E-state index contributed by atoms with van der Waals surface area (Å²) in [4.78, 5) is 27.8. The number of likely N-dealkylation sites (tertiary alicyclic amines) is 1. The van der Waals surface area contributed by atoms with Crippen LogP contribution in [-0.4, -0.2) is 66.4 Å². The number of amides is 1. The fourth-order valence-electron chi connectivity index (χ4n) is 5.66. The Morgan fingerprint density at radius 1 is 1.17 bits per heavy atom. The number of methoxy groups -OCH3 is 1. The predicted octanol–water partition coefficient (Wildman–Crippen LogP) is 4.29. The second-order valence-electron chi connectivity index (χ2n) is 10.4. The molecule has 1 aliphatic heterocycles. The Balaban J connectivity index is 1.34. The molecule has 4 heterocycles. The zero-order valence-corrected chi connectivity index (χ0v) is 23.3. The van der Waals surface area contributed by atoms with Crippen LogP contribution < -0.4 is 10.5 Å². The molecule has 41 heavy (non-hydrogen) atoms. The highest BCUT2D eigenvalue weighted by Crippen LogP contribution is 2.37. The Hall–Kier alpha value is -4.77. The van der Waals surface area contributed by atoms with E-state index in [2.05, 4.69) is 21.5 Å². The number of anilines is 1. The van der Waals surface area contributed by atoms with E-state index >= 15 is 0 Å². The number of aromatic nitrogens is 6. The summed E-state index contributed by atoms with van der Waals surface area (Å²) in [5.41, 5.74) is 11.4. The molecular weight excluding hydrogens is 520 g/mol. The molecule has 0 aliphatic carbocycles. The first-order chi connectivity index (χ1) is 19.9. The molecule has 5 aromatic rings. The minimum Gasteiger partial charge on any atom is -0.457 e. The Morgan fingerprint density at radius 3 is 2.80 bits per heavy atom. The molecule has 2 N–H and O–H groups in total. The van der Waals surface area contributed by atoms with Crippen LogP contribution in [0.25, 0.3) is 27.8 Å². The van der Waals surface area contributed by atoms with Crippen LogP contribution in [0.1, 0.15) is 30.0 Å². The van der Waals surface area contributed by atoms with Crippen LogP contribution in [0.4, 0.5) is 5.82 Å². The Morgan fingerprint density at radius 2 is 2.02 bits per heavy atom. The number of hydrogen-bond acceptors (Lipinski definition) is 8. The van der Waals surface area contributed by atoms with Gasteiger partial charge in [0.05, 0.1) is 46.8 Å². The average molecular weight is 553 g/mol. The molecule has 1 saturated heterocycles. The van der Waals surface area contributed by atoms with Crippen LogP contribution in [0.15, 0.2) is 61.7 Å². The average Bonchev–Trinajstić information content (AvgIpc) is 3.55. The van der Waals surface area contributed by atoms with Gasteiger partial charge in [-0.15, -0.1) is 0 Å². The summed E-state index contributed by atoms with van der Waals surface area (Å²) in [7, 11) is 3.61. The van der Waals surface area contributed by atoms with E-state index in [1.54, 1.807) is 18.1 Å². The number of piperidine rings is 1. The molecule has 2 atom stereocenters. The maximum atomic E-state index is 12.7. The molecule has 0 bridgehead atoms. The molecule has 1 amide bonds. The van der Waals surface area contributed by atoms with Crippen molar-refractivity contribution in [3.63, 3.8) is 0 Å². The summed E-state index contributed by atoms with van der Waals surface area (Å²) >= 11 is 0. The first kappa shape index (κ1) is 26.5. The summed E-state index contributed by atoms with van der Waals surface area (Å²) in [6, 6.07) is 11.7. The van der Waals surface area contributed by atoms with Crippen molar-refractivity contribution in [1.82, 2.24) is 34.2 Å². The summed E-state index contributed by atoms with van der Waals surface area (Å²) in [6.07, 6.45) is 6.17. The first-order valence-electron chi connectivity index (χ1n) is 13.5. The van der Waals surface area contributed by atoms with Gasteiger partial charge < -0.3 is 24.7 Å². The van der Waals surface area contributed by atoms with E-state index in [1.807, 2.05) is 59.8 Å². The van der Waals surface area contributed by atoms with Crippen molar-refractivity contribution >= 4 is 33.8 Å². The third kappa shape index (κ3) is 4.78. The van der Waals surface area contributed by atoms with Gasteiger partial charge in [-0.25, -0.2) is 19.6 Å². The van der Waals surface area contributed by atoms with Crippen LogP contribution in [0.3, 0.4) is 0 Å². The van der Waals surface area contributed by atoms with Gasteiger partial charge >= 0.3 is 0 Å². The molecule has 3 aromatic heterocycles. The van der Waals surface area contributed by atoms with Crippen LogP contribution in [0.5, 0.6) is 11.5 Å². The van der Waals surface area contributed by atoms with Crippen molar-refractivity contribution in [3.8, 4) is 17.2 Å². The highest BCUT2D eigenvalue weighted by molar-refractivity contribution is 5.90. The Kier molecular flexibility index (Phi) is 6.88. The molecule has 210 valence electrons. The normalized spacial score (nSPS) is 17.3. The number of benzene rings is 2. The lowest BCUT2D eigenvalue weighted by Crippen LogP contribution is -2.47. The summed E-state index contributed by atoms with van der Waals surface area (Å²) in [6.45, 7) is 6.62. The van der Waals surface area contributed by atoms with Crippen LogP contribution in [0.2, 0.25) is 0 Å². The number of ether oxygens (including phenoxy) is 2. The minimum absolute atomic E-state index is 0.0164. The van der Waals surface area contributed by atoms with Crippen molar-refractivity contribution in [2.24, 2.45) is 7.05 Å². The largest absolute Gasteiger partial charge is 0.457 e. The smallest absolute Gasteiger partial charge is 0.246 e. The van der Waals surface area contributed by atoms with Gasteiger partial charge in [-0.1, -0.05) is 6.58 Å². The fraction of sp³-hybridized carbons (Fsp3) is 0.300. The van der Waals surface area contributed by atoms with Gasteiger partial charge in [-0.05, 0) is 61.7 Å². The van der Waals surface area contributed by atoms with Gasteiger partial charge in [0.2, 0.25) is 5.91 Å². The summed E-state index contributed by atoms with van der Waals surface area (Å²) in [5, 5.41) is 5.72. The van der Waals surface area contributed by atoms with Crippen LogP contribution in [-0.2, 0) is 16.6 Å². The number of imidazole rings is 1. The monoisotopic (exact) mass is 552 g/mol. The lowest BCUT2D eigenvalue weighted by Gasteiger charge is -2.38. The fourth-order valence-corrected chi connectivity index (χ4v) is 5.66. The van der Waals surface area contributed by atoms with Gasteiger partial charge in [-0.2, -0.15) is 5.10 Å². The zero-order valence-electron chi connectivity index (χ0n) is 23.3. The number of rotatable bonds is 7. The molecule has 0 spiro atoms. The van der Waals surface area contributed by atoms with Gasteiger partial charge in [-0.3, -0.25) is 4.79 Å². The SMILES string of the molecule is C=CC(=O)N1CC(c2nn(-c3ccc(Oc4ccc5c(c4)ncn5C)c(C)c3)c3ncnc(N)c23)CC[C@H]1COC. The molecule has 0 saturated carbocycles. The second-order valence-corrected chi connectivity index (χ2v) is 10.4. The Labute approximate surface area is 237 Å². The van der Waals surface area contributed by atoms with Gasteiger partial charge in [0.1, 0.15) is 23.6 Å². The quantitative estimate of drug-likeness (QED) is 0.296. The molecule has 11 nitrogen and oxygen atoms in total. The minimum atomic E-state index is -0.127. The molecule has 2 aromatic carbocycles. The molecular formula is C30H32N8O3. The second kappa shape index (κ2) is 10.7. The molecule has 6 rings (SSSR count). The van der Waals surface area contributed by atoms with E-state index in [4.69, 9.17) is 20.3 Å². The van der Waals surface area contributed by atoms with Crippen molar-refractivity contribution in [2.45, 2.75) is 31.7 Å². The number of carbonyl (C=O) groups excluding carboxylic acids is 1. The number of hydrogen-bond donors (Lipinski definition) is 1. The molecule has 1 unspecified atom stereocenters. The van der Waals surface area contributed by atoms with E-state index in [9.17, 15) is 4.79 Å². The highest BCUT2D eigenvalue weighted by Gasteiger charge is 2.34. The lowest BCUT2D eigenvalue weighted by molar-refractivity contribution is -0.131. The summed E-state index contributed by atoms with van der Waals surface area (Å²) in [5.74, 6) is 1.62. The van der Waals surface area contributed by atoms with Crippen molar-refractivity contribution < 1.29 is 14.3 Å². The maximum Gasteiger partial charge on any atom is 0.246 e. The third-order valence-corrected chi connectivity index (χ3v) is 7.76. The Bertz CT molecular complexity index is 1770. The number of carbonyl (C=O) groups is 1. The van der Waals surface area contributed by atoms with E-state index in [0.29, 0.717) is 35.8 Å². The van der Waals surface area contributed by atoms with E-state index in [0.717, 1.165) is 46.6 Å². The predicted molar refractivity (Wildman–Crippen MR) is 156 cm³/mol. The standard InChI is InChI=1S/C30H32N8O3/c1-5-26(39)37-14-19(6-7-21(37)15-40-4)28-27-29(31)32-16-33-30(27)38(35-28)20-8-11-25(18(2)12-20)41-22-9-10-24-23(13-22)34-17-36(24)3/h5,8-13,16-17,19,21H,1,6-7,14-15H2,2-4H3,(H2,31,32,33)/t19?,21-/m0/s1. The lowest BCUT2D eigenvalue weighted by atomic mass is 9.89. The first-order valence-corrected chi connectivity index (χ1v) is 13.5. The van der Waals surface area contributed by atoms with Crippen molar-refractivity contribution in [3.05, 3.63) is 73.0 Å². The highest BCUT2D eigenvalue weighted by atomic mass is 16.5. The maximum absolute atomic E-state index is 12.7. The molecule has 1 aliphatic rings. The van der Waals surface area contributed by atoms with E-state index in [-0.39, 0.29) is 17.9 Å². The third-order valence-electron chi connectivity index (χ3n) is 7.76. The van der Waals surface area contributed by atoms with Gasteiger partial charge in [0.15, 0.2) is 5.65 Å². The number of fused-ring (bicyclic) bond motifs is 2. The molecule has 1 fully saturated rings. The number of nitrogen functional groups attached to an aromatic ring is 1. The van der Waals surface area contributed by atoms with Gasteiger partial charge in [0.25, 0.3) is 0 Å². The van der Waals surface area contributed by atoms with Crippen LogP contribution >= 0.6 is 0 Å². The van der Waals surface area contributed by atoms with Gasteiger partial charge in [0, 0.05) is 32.7 Å². The van der Waals surface area contributed by atoms with E-state index in [1.165, 1.54) is 12.4 Å². The van der Waals surface area contributed by atoms with Crippen LogP contribution in [0, 0.1) is 6.92 Å². The number of aryl methyl sites for hydroxylation is 2. The molecule has 0 radical (unpaired) electrons. The number of nitrogens with zero attached hydrogens (tertiary/aromatic N) is 7. The zero-order chi connectivity index (χ0) is 28.7. The number of nitrogens with two attached hydrogens (primary N) is 1. The molecule has 11 heteroatoms. The van der Waals surface area contributed by atoms with Crippen molar-refractivity contribution in [1.29, 1.82) is 0 Å². The van der Waals surface area contributed by atoms with E-state index < -0.39 is 0 Å². The van der Waals surface area contributed by atoms with Crippen molar-refractivity contribution in [2.75, 3.05) is 26.0 Å². The summed E-state index contributed by atoms with van der Waals surface area (Å²) < 4.78 is 15.4.